The fourth-order valence-corrected chi connectivity index (χ4v) is 2.91. The van der Waals surface area contributed by atoms with Crippen molar-refractivity contribution in [1.82, 2.24) is 0 Å². The summed E-state index contributed by atoms with van der Waals surface area (Å²) in [6.07, 6.45) is 0.191. The maximum absolute atomic E-state index is 10.9. The van der Waals surface area contributed by atoms with Gasteiger partial charge in [0.05, 0.1) is 11.0 Å². The number of aryl methyl sites for hydroxylation is 1. The number of nitrogens with zero attached hydrogens (tertiary/aromatic N) is 1. The van der Waals surface area contributed by atoms with E-state index >= 15 is 0 Å². The highest BCUT2D eigenvalue weighted by atomic mass is 32.2. The van der Waals surface area contributed by atoms with E-state index in [-0.39, 0.29) is 10.6 Å². The molecule has 0 aliphatic heterocycles. The van der Waals surface area contributed by atoms with Crippen LogP contribution in [0.25, 0.3) is 0 Å². The van der Waals surface area contributed by atoms with E-state index in [2.05, 4.69) is 0 Å². The largest absolute Gasteiger partial charge is 0.389 e. The van der Waals surface area contributed by atoms with Gasteiger partial charge in [-0.15, -0.1) is 11.8 Å². The molecule has 0 saturated carbocycles. The van der Waals surface area contributed by atoms with Crippen molar-refractivity contribution in [2.75, 3.05) is 5.75 Å². The van der Waals surface area contributed by atoms with E-state index in [0.717, 1.165) is 21.8 Å². The lowest BCUT2D eigenvalue weighted by Gasteiger charge is -2.06. The minimum Gasteiger partial charge on any atom is -0.389 e. The Morgan fingerprint density at radius 2 is 1.86 bits per heavy atom. The average molecular weight is 303 g/mol. The number of rotatable bonds is 6. The quantitative estimate of drug-likeness (QED) is 0.498. The number of hydrogen-bond donors (Lipinski definition) is 1. The molecule has 0 heterocycles. The smallest absolute Gasteiger partial charge is 0.272 e. The molecule has 0 aromatic heterocycles. The SMILES string of the molecule is CC(O)c1ccc(SCCc2ccccc2[N+](=O)[O-])cc1. The van der Waals surface area contributed by atoms with Crippen molar-refractivity contribution in [1.29, 1.82) is 0 Å². The second kappa shape index (κ2) is 7.24. The number of benzene rings is 2. The summed E-state index contributed by atoms with van der Waals surface area (Å²) in [4.78, 5) is 11.7. The van der Waals surface area contributed by atoms with Gasteiger partial charge in [0.2, 0.25) is 0 Å². The van der Waals surface area contributed by atoms with Crippen molar-refractivity contribution in [2.24, 2.45) is 0 Å². The molecule has 2 aromatic carbocycles. The van der Waals surface area contributed by atoms with Crippen LogP contribution in [0.5, 0.6) is 0 Å². The first-order valence-corrected chi connectivity index (χ1v) is 7.69. The number of aliphatic hydroxyl groups is 1. The molecule has 110 valence electrons. The van der Waals surface area contributed by atoms with Crippen molar-refractivity contribution in [3.05, 3.63) is 69.8 Å². The summed E-state index contributed by atoms with van der Waals surface area (Å²) in [5, 5.41) is 20.4. The Hall–Kier alpha value is -1.85. The predicted molar refractivity (Wildman–Crippen MR) is 84.6 cm³/mol. The van der Waals surface area contributed by atoms with Gasteiger partial charge in [0.15, 0.2) is 0 Å². The zero-order chi connectivity index (χ0) is 15.2. The molecule has 21 heavy (non-hydrogen) atoms. The van der Waals surface area contributed by atoms with Gasteiger partial charge < -0.3 is 5.11 Å². The first kappa shape index (κ1) is 15.5. The van der Waals surface area contributed by atoms with Gasteiger partial charge in [-0.25, -0.2) is 0 Å². The number of thioether (sulfide) groups is 1. The fourth-order valence-electron chi connectivity index (χ4n) is 2.02. The molecule has 0 aliphatic rings. The number of nitro groups is 1. The summed E-state index contributed by atoms with van der Waals surface area (Å²) in [6, 6.07) is 14.6. The molecule has 1 unspecified atom stereocenters. The summed E-state index contributed by atoms with van der Waals surface area (Å²) in [5.74, 6) is 0.777. The molecule has 0 amide bonds. The summed E-state index contributed by atoms with van der Waals surface area (Å²) in [7, 11) is 0. The molecular weight excluding hydrogens is 286 g/mol. The van der Waals surface area contributed by atoms with Crippen molar-refractivity contribution in [3.8, 4) is 0 Å². The molecule has 0 radical (unpaired) electrons. The van der Waals surface area contributed by atoms with Gasteiger partial charge in [-0.2, -0.15) is 0 Å². The fraction of sp³-hybridized carbons (Fsp3) is 0.250. The Morgan fingerprint density at radius 1 is 1.19 bits per heavy atom. The lowest BCUT2D eigenvalue weighted by Crippen LogP contribution is -1.96. The van der Waals surface area contributed by atoms with Crippen molar-refractivity contribution >= 4 is 17.4 Å². The maximum Gasteiger partial charge on any atom is 0.272 e. The van der Waals surface area contributed by atoms with Crippen LogP contribution in [0.4, 0.5) is 5.69 Å². The van der Waals surface area contributed by atoms with Crippen LogP contribution < -0.4 is 0 Å². The number of nitro benzene ring substituents is 1. The van der Waals surface area contributed by atoms with E-state index in [1.54, 1.807) is 30.8 Å². The van der Waals surface area contributed by atoms with Crippen LogP contribution in [0.1, 0.15) is 24.2 Å². The van der Waals surface area contributed by atoms with Crippen LogP contribution in [-0.2, 0) is 6.42 Å². The molecule has 0 saturated heterocycles. The second-order valence-electron chi connectivity index (χ2n) is 4.73. The first-order valence-electron chi connectivity index (χ1n) is 6.71. The number of para-hydroxylation sites is 1. The normalized spacial score (nSPS) is 12.1. The Balaban J connectivity index is 1.94. The minimum absolute atomic E-state index is 0.183. The van der Waals surface area contributed by atoms with Crippen LogP contribution >= 0.6 is 11.8 Å². The van der Waals surface area contributed by atoms with Crippen LogP contribution in [0, 0.1) is 10.1 Å². The van der Waals surface area contributed by atoms with E-state index in [0.29, 0.717) is 6.42 Å². The van der Waals surface area contributed by atoms with Crippen LogP contribution in [-0.4, -0.2) is 15.8 Å². The molecule has 4 nitrogen and oxygen atoms in total. The molecule has 5 heteroatoms. The lowest BCUT2D eigenvalue weighted by molar-refractivity contribution is -0.385. The zero-order valence-electron chi connectivity index (χ0n) is 11.7. The maximum atomic E-state index is 10.9. The van der Waals surface area contributed by atoms with E-state index < -0.39 is 6.10 Å². The second-order valence-corrected chi connectivity index (χ2v) is 5.90. The van der Waals surface area contributed by atoms with Gasteiger partial charge >= 0.3 is 0 Å². The van der Waals surface area contributed by atoms with Gasteiger partial charge in [0.25, 0.3) is 5.69 Å². The molecule has 0 bridgehead atoms. The van der Waals surface area contributed by atoms with E-state index in [9.17, 15) is 15.2 Å². The molecule has 0 aliphatic carbocycles. The van der Waals surface area contributed by atoms with Gasteiger partial charge in [0.1, 0.15) is 0 Å². The third kappa shape index (κ3) is 4.31. The Labute approximate surface area is 128 Å². The molecule has 2 rings (SSSR count). The molecule has 1 N–H and O–H groups in total. The average Bonchev–Trinajstić information content (AvgIpc) is 2.48. The summed E-state index contributed by atoms with van der Waals surface area (Å²) < 4.78 is 0. The topological polar surface area (TPSA) is 63.4 Å². The summed E-state index contributed by atoms with van der Waals surface area (Å²) in [5.41, 5.74) is 1.83. The Bertz CT molecular complexity index is 611. The highest BCUT2D eigenvalue weighted by Gasteiger charge is 2.11. The molecular formula is C16H17NO3S. The van der Waals surface area contributed by atoms with Gasteiger partial charge in [-0.05, 0) is 31.0 Å². The summed E-state index contributed by atoms with van der Waals surface area (Å²) in [6.45, 7) is 1.73. The predicted octanol–water partition coefficient (Wildman–Crippen LogP) is 3.98. The van der Waals surface area contributed by atoms with Gasteiger partial charge in [0, 0.05) is 22.3 Å². The third-order valence-electron chi connectivity index (χ3n) is 3.19. The molecule has 2 aromatic rings. The van der Waals surface area contributed by atoms with Crippen LogP contribution in [0.3, 0.4) is 0 Å². The Kier molecular flexibility index (Phi) is 5.36. The highest BCUT2D eigenvalue weighted by molar-refractivity contribution is 7.99. The van der Waals surface area contributed by atoms with Gasteiger partial charge in [-0.1, -0.05) is 30.3 Å². The van der Waals surface area contributed by atoms with Crippen LogP contribution in [0.15, 0.2) is 53.4 Å². The molecule has 0 spiro atoms. The van der Waals surface area contributed by atoms with Crippen LogP contribution in [0.2, 0.25) is 0 Å². The van der Waals surface area contributed by atoms with Crippen molar-refractivity contribution in [3.63, 3.8) is 0 Å². The standard InChI is InChI=1S/C16H17NO3S/c1-12(18)13-6-8-15(9-7-13)21-11-10-14-4-2-3-5-16(14)17(19)20/h2-9,12,18H,10-11H2,1H3. The number of hydrogen-bond acceptors (Lipinski definition) is 4. The van der Waals surface area contributed by atoms with Crippen molar-refractivity contribution in [2.45, 2.75) is 24.3 Å². The highest BCUT2D eigenvalue weighted by Crippen LogP contribution is 2.24. The summed E-state index contributed by atoms with van der Waals surface area (Å²) >= 11 is 1.65. The molecule has 0 fully saturated rings. The van der Waals surface area contributed by atoms with Gasteiger partial charge in [-0.3, -0.25) is 10.1 Å². The Morgan fingerprint density at radius 3 is 2.48 bits per heavy atom. The molecule has 1 atom stereocenters. The third-order valence-corrected chi connectivity index (χ3v) is 4.20. The monoisotopic (exact) mass is 303 g/mol. The van der Waals surface area contributed by atoms with E-state index in [1.165, 1.54) is 6.07 Å². The number of aliphatic hydroxyl groups excluding tert-OH is 1. The first-order chi connectivity index (χ1) is 10.1. The zero-order valence-corrected chi connectivity index (χ0v) is 12.5. The van der Waals surface area contributed by atoms with E-state index in [1.807, 2.05) is 30.3 Å². The van der Waals surface area contributed by atoms with E-state index in [4.69, 9.17) is 0 Å². The minimum atomic E-state index is -0.462. The van der Waals surface area contributed by atoms with Crippen molar-refractivity contribution < 1.29 is 10.0 Å². The lowest BCUT2D eigenvalue weighted by atomic mass is 10.1.